The topological polar surface area (TPSA) is 111 Å². The molecule has 1 aromatic carbocycles. The van der Waals surface area contributed by atoms with Gasteiger partial charge < -0.3 is 19.8 Å². The third kappa shape index (κ3) is 4.31. The average molecular weight is 597 g/mol. The maximum Gasteiger partial charge on any atom is 0.306 e. The van der Waals surface area contributed by atoms with Gasteiger partial charge in [-0.25, -0.2) is 9.50 Å². The second-order valence-corrected chi connectivity index (χ2v) is 14.7. The third-order valence-corrected chi connectivity index (χ3v) is 11.7. The van der Waals surface area contributed by atoms with Crippen LogP contribution in [-0.2, 0) is 15.0 Å². The molecule has 0 radical (unpaired) electrons. The number of benzene rings is 1. The van der Waals surface area contributed by atoms with Gasteiger partial charge in [0.25, 0.3) is 5.91 Å². The molecule has 44 heavy (non-hydrogen) atoms. The predicted molar refractivity (Wildman–Crippen MR) is 163 cm³/mol. The zero-order valence-corrected chi connectivity index (χ0v) is 25.5. The summed E-state index contributed by atoms with van der Waals surface area (Å²) in [5, 5.41) is 13.9. The molecule has 3 saturated heterocycles. The minimum atomic E-state index is -0.738. The lowest BCUT2D eigenvalue weighted by Gasteiger charge is -2.34. The molecule has 1 unspecified atom stereocenters. The number of fused-ring (bicyclic) bond motifs is 1. The molecule has 230 valence electrons. The maximum atomic E-state index is 13.7. The number of carbonyl (C=O) groups excluding carboxylic acids is 2. The Bertz CT molecular complexity index is 1680. The van der Waals surface area contributed by atoms with Crippen LogP contribution in [0.2, 0.25) is 0 Å². The lowest BCUT2D eigenvalue weighted by molar-refractivity contribution is -0.148. The first-order chi connectivity index (χ1) is 21.1. The lowest BCUT2D eigenvalue weighted by atomic mass is 9.70. The molecule has 5 fully saturated rings. The minimum absolute atomic E-state index is 0.0182. The van der Waals surface area contributed by atoms with E-state index in [1.54, 1.807) is 4.52 Å². The van der Waals surface area contributed by atoms with Crippen molar-refractivity contribution in [2.75, 3.05) is 44.2 Å². The molecule has 8 rings (SSSR count). The highest BCUT2D eigenvalue weighted by Crippen LogP contribution is 2.68. The molecule has 2 aromatic heterocycles. The molecule has 10 nitrogen and oxygen atoms in total. The Morgan fingerprint density at radius 1 is 0.932 bits per heavy atom. The summed E-state index contributed by atoms with van der Waals surface area (Å²) in [4.78, 5) is 49.1. The highest BCUT2D eigenvalue weighted by Gasteiger charge is 2.67. The van der Waals surface area contributed by atoms with Gasteiger partial charge in [-0.05, 0) is 68.1 Å². The molecule has 1 N–H and O–H groups in total. The van der Waals surface area contributed by atoms with Crippen molar-refractivity contribution < 1.29 is 19.5 Å². The fourth-order valence-electron chi connectivity index (χ4n) is 8.82. The second kappa shape index (κ2) is 9.52. The first-order valence-corrected chi connectivity index (χ1v) is 16.1. The number of likely N-dealkylation sites (tertiary alicyclic amines) is 2. The van der Waals surface area contributed by atoms with Crippen molar-refractivity contribution in [1.29, 1.82) is 0 Å². The van der Waals surface area contributed by atoms with Crippen molar-refractivity contribution >= 4 is 29.1 Å². The number of anilines is 1. The number of hydrogen-bond donors (Lipinski definition) is 1. The maximum absolute atomic E-state index is 13.7. The van der Waals surface area contributed by atoms with Gasteiger partial charge in [0.1, 0.15) is 0 Å². The monoisotopic (exact) mass is 596 g/mol. The fraction of sp³-hybridized carbons (Fsp3) is 0.559. The van der Waals surface area contributed by atoms with Crippen LogP contribution in [0.4, 0.5) is 5.69 Å². The Morgan fingerprint density at radius 3 is 2.41 bits per heavy atom. The second-order valence-electron chi connectivity index (χ2n) is 14.7. The zero-order chi connectivity index (χ0) is 30.4. The largest absolute Gasteiger partial charge is 0.481 e. The minimum Gasteiger partial charge on any atom is -0.481 e. The summed E-state index contributed by atoms with van der Waals surface area (Å²) >= 11 is 0. The Labute approximate surface area is 257 Å². The zero-order valence-electron chi connectivity index (χ0n) is 25.5. The van der Waals surface area contributed by atoms with Crippen molar-refractivity contribution in [3.8, 4) is 0 Å². The molecule has 0 bridgehead atoms. The van der Waals surface area contributed by atoms with Gasteiger partial charge in [-0.1, -0.05) is 37.3 Å². The van der Waals surface area contributed by atoms with Crippen LogP contribution < -0.4 is 4.90 Å². The predicted octanol–water partition coefficient (Wildman–Crippen LogP) is 3.77. The molecule has 2 amide bonds. The van der Waals surface area contributed by atoms with E-state index in [1.165, 1.54) is 5.56 Å². The van der Waals surface area contributed by atoms with Gasteiger partial charge in [0, 0.05) is 56.0 Å². The van der Waals surface area contributed by atoms with Crippen LogP contribution in [0.3, 0.4) is 0 Å². The first-order valence-electron chi connectivity index (χ1n) is 16.1. The molecule has 3 aromatic rings. The van der Waals surface area contributed by atoms with E-state index in [0.29, 0.717) is 44.7 Å². The SMILES string of the molecule is Cc1cc(N2CC[C@](C)(c3ccccc3)C2)cn2nc(C(=O)N3CC[C@@]4(CCN(C(=O)C5CC56CC(C(=O)O)C6)C4)C3)nc12. The van der Waals surface area contributed by atoms with E-state index in [1.807, 2.05) is 22.9 Å². The van der Waals surface area contributed by atoms with Crippen molar-refractivity contribution in [1.82, 2.24) is 24.4 Å². The van der Waals surface area contributed by atoms with Gasteiger partial charge in [0.05, 0.1) is 17.8 Å². The number of aryl methyl sites for hydroxylation is 1. The number of carboxylic acid groups (broad SMARTS) is 1. The van der Waals surface area contributed by atoms with Crippen LogP contribution in [0.5, 0.6) is 0 Å². The summed E-state index contributed by atoms with van der Waals surface area (Å²) in [5.74, 6) is -0.781. The molecule has 2 saturated carbocycles. The van der Waals surface area contributed by atoms with Crippen molar-refractivity contribution in [2.45, 2.75) is 57.8 Å². The van der Waals surface area contributed by atoms with Gasteiger partial charge >= 0.3 is 5.97 Å². The van der Waals surface area contributed by atoms with Crippen LogP contribution in [0.1, 0.15) is 67.2 Å². The number of hydrogen-bond acceptors (Lipinski definition) is 6. The molecule has 10 heteroatoms. The van der Waals surface area contributed by atoms with Crippen molar-refractivity contribution in [3.05, 3.63) is 59.5 Å². The molecule has 3 atom stereocenters. The molecule has 3 aliphatic heterocycles. The third-order valence-electron chi connectivity index (χ3n) is 11.7. The number of rotatable bonds is 5. The fourth-order valence-corrected chi connectivity index (χ4v) is 8.82. The summed E-state index contributed by atoms with van der Waals surface area (Å²) in [5.41, 5.74) is 4.08. The number of nitrogens with zero attached hydrogens (tertiary/aromatic N) is 6. The Kier molecular flexibility index (Phi) is 5.97. The Balaban J connectivity index is 0.927. The molecule has 5 aliphatic rings. The quantitative estimate of drug-likeness (QED) is 0.477. The van der Waals surface area contributed by atoms with E-state index in [-0.39, 0.29) is 45.7 Å². The molecule has 2 spiro atoms. The molecular weight excluding hydrogens is 556 g/mol. The van der Waals surface area contributed by atoms with Gasteiger partial charge in [-0.3, -0.25) is 14.4 Å². The summed E-state index contributed by atoms with van der Waals surface area (Å²) in [7, 11) is 0. The van der Waals surface area contributed by atoms with Crippen molar-refractivity contribution in [2.24, 2.45) is 22.7 Å². The molecule has 2 aliphatic carbocycles. The van der Waals surface area contributed by atoms with Crippen LogP contribution >= 0.6 is 0 Å². The van der Waals surface area contributed by atoms with Crippen LogP contribution in [-0.4, -0.2) is 86.6 Å². The van der Waals surface area contributed by atoms with E-state index in [4.69, 9.17) is 0 Å². The Hall–Kier alpha value is -3.95. The molecular formula is C34H40N6O4. The Morgan fingerprint density at radius 2 is 1.66 bits per heavy atom. The number of aliphatic carboxylic acids is 1. The van der Waals surface area contributed by atoms with E-state index < -0.39 is 5.97 Å². The number of carboxylic acids is 1. The van der Waals surface area contributed by atoms with Gasteiger partial charge in [0.2, 0.25) is 11.7 Å². The smallest absolute Gasteiger partial charge is 0.306 e. The van der Waals surface area contributed by atoms with E-state index >= 15 is 0 Å². The summed E-state index contributed by atoms with van der Waals surface area (Å²) in [6.07, 6.45) is 6.93. The lowest BCUT2D eigenvalue weighted by Crippen LogP contribution is -2.39. The van der Waals surface area contributed by atoms with E-state index in [9.17, 15) is 19.5 Å². The highest BCUT2D eigenvalue weighted by molar-refractivity contribution is 5.91. The number of amides is 2. The van der Waals surface area contributed by atoms with E-state index in [0.717, 1.165) is 50.0 Å². The van der Waals surface area contributed by atoms with Crippen LogP contribution in [0.25, 0.3) is 5.65 Å². The molecule has 5 heterocycles. The first kappa shape index (κ1) is 27.6. The van der Waals surface area contributed by atoms with Gasteiger partial charge in [0.15, 0.2) is 5.65 Å². The average Bonchev–Trinajstić information content (AvgIpc) is 3.44. The number of aromatic nitrogens is 3. The van der Waals surface area contributed by atoms with Gasteiger partial charge in [-0.2, -0.15) is 0 Å². The summed E-state index contributed by atoms with van der Waals surface area (Å²) < 4.78 is 1.76. The van der Waals surface area contributed by atoms with Gasteiger partial charge in [-0.15, -0.1) is 5.10 Å². The normalized spacial score (nSPS) is 32.6. The standard InChI is InChI=1S/C34H40N6O4/c1-22-14-25(37-11-8-32(2,19-37)24-6-4-3-5-7-24)18-40-28(22)35-27(36-40)30(42)39-13-10-33(21-39)9-12-38(20-33)29(41)26-17-34(26)15-23(16-34)31(43)44/h3-7,14,18,23,26H,8-13,15-17,19-21H2,1-2H3,(H,43,44)/t23?,26?,32-,33+,34?/m0/s1. The summed E-state index contributed by atoms with van der Waals surface area (Å²) in [6, 6.07) is 12.9. The van der Waals surface area contributed by atoms with Crippen LogP contribution in [0.15, 0.2) is 42.6 Å². The highest BCUT2D eigenvalue weighted by atomic mass is 16.4. The number of carbonyl (C=O) groups is 3. The van der Waals surface area contributed by atoms with Crippen LogP contribution in [0, 0.1) is 29.6 Å². The van der Waals surface area contributed by atoms with E-state index in [2.05, 4.69) is 58.3 Å². The summed E-state index contributed by atoms with van der Waals surface area (Å²) in [6.45, 7) is 8.86. The number of pyridine rings is 1. The van der Waals surface area contributed by atoms with Crippen molar-refractivity contribution in [3.63, 3.8) is 0 Å².